The molecule has 0 spiro atoms. The number of piperidine rings is 1. The van der Waals surface area contributed by atoms with Crippen molar-refractivity contribution in [3.05, 3.63) is 23.1 Å². The summed E-state index contributed by atoms with van der Waals surface area (Å²) >= 11 is 5.90. The molecular weight excluding hydrogens is 228 g/mol. The third-order valence-electron chi connectivity index (χ3n) is 3.44. The molecule has 16 heavy (non-hydrogen) atoms. The van der Waals surface area contributed by atoms with E-state index in [1.807, 2.05) is 4.90 Å². The lowest BCUT2D eigenvalue weighted by molar-refractivity contribution is 0.0338. The molecule has 0 saturated carbocycles. The number of amides is 1. The Balaban J connectivity index is 1.82. The summed E-state index contributed by atoms with van der Waals surface area (Å²) in [6.45, 7) is 1.69. The van der Waals surface area contributed by atoms with E-state index < -0.39 is 0 Å². The lowest BCUT2D eigenvalue weighted by atomic mass is 9.89. The van der Waals surface area contributed by atoms with Crippen LogP contribution in [-0.4, -0.2) is 36.0 Å². The van der Waals surface area contributed by atoms with Gasteiger partial charge >= 0.3 is 0 Å². The minimum atomic E-state index is -0.0776. The van der Waals surface area contributed by atoms with Crippen molar-refractivity contribution in [1.82, 2.24) is 10.2 Å². The summed E-state index contributed by atoms with van der Waals surface area (Å²) in [6, 6.07) is 2.39. The molecule has 0 radical (unpaired) electrons. The third-order valence-corrected chi connectivity index (χ3v) is 3.74. The van der Waals surface area contributed by atoms with E-state index in [0.29, 0.717) is 17.1 Å². The highest BCUT2D eigenvalue weighted by Gasteiger charge is 2.41. The van der Waals surface area contributed by atoms with E-state index in [1.54, 1.807) is 6.07 Å². The Morgan fingerprint density at radius 1 is 1.62 bits per heavy atom. The Kier molecular flexibility index (Phi) is 2.41. The highest BCUT2D eigenvalue weighted by atomic mass is 35.5. The number of carbonyl (C=O) groups excluding carboxylic acids is 1. The predicted octanol–water partition coefficient (Wildman–Crippen LogP) is 1.51. The van der Waals surface area contributed by atoms with Crippen molar-refractivity contribution in [1.29, 1.82) is 0 Å². The molecule has 1 amide bonds. The van der Waals surface area contributed by atoms with Gasteiger partial charge in [-0.05, 0) is 18.9 Å². The van der Waals surface area contributed by atoms with Gasteiger partial charge in [0.25, 0.3) is 5.91 Å². The van der Waals surface area contributed by atoms with Crippen molar-refractivity contribution in [2.24, 2.45) is 0 Å². The summed E-state index contributed by atoms with van der Waals surface area (Å²) in [7, 11) is 0. The van der Waals surface area contributed by atoms with Crippen LogP contribution >= 0.6 is 11.6 Å². The van der Waals surface area contributed by atoms with Crippen LogP contribution < -0.4 is 5.32 Å². The van der Waals surface area contributed by atoms with Crippen molar-refractivity contribution in [2.75, 3.05) is 13.1 Å². The summed E-state index contributed by atoms with van der Waals surface area (Å²) < 4.78 is 5.14. The average Bonchev–Trinajstić information content (AvgIpc) is 2.65. The molecule has 2 atom stereocenters. The fourth-order valence-electron chi connectivity index (χ4n) is 2.49. The smallest absolute Gasteiger partial charge is 0.291 e. The first-order valence-electron chi connectivity index (χ1n) is 5.55. The topological polar surface area (TPSA) is 45.5 Å². The second-order valence-corrected chi connectivity index (χ2v) is 4.73. The molecule has 0 aliphatic carbocycles. The fraction of sp³-hybridized carbons (Fsp3) is 0.545. The van der Waals surface area contributed by atoms with Gasteiger partial charge in [-0.1, -0.05) is 11.6 Å². The number of nitrogens with zero attached hydrogens (tertiary/aromatic N) is 1. The monoisotopic (exact) mass is 240 g/mol. The summed E-state index contributed by atoms with van der Waals surface area (Å²) in [5, 5.41) is 3.74. The van der Waals surface area contributed by atoms with E-state index in [-0.39, 0.29) is 11.7 Å². The number of likely N-dealkylation sites (tertiary alicyclic amines) is 1. The van der Waals surface area contributed by atoms with Gasteiger partial charge in [0.05, 0.1) is 17.3 Å². The van der Waals surface area contributed by atoms with Crippen molar-refractivity contribution >= 4 is 17.5 Å². The molecule has 1 N–H and O–H groups in total. The second-order valence-electron chi connectivity index (χ2n) is 4.32. The normalized spacial score (nSPS) is 28.4. The molecule has 3 heterocycles. The van der Waals surface area contributed by atoms with E-state index >= 15 is 0 Å². The molecule has 1 aromatic rings. The average molecular weight is 241 g/mol. The van der Waals surface area contributed by atoms with Crippen molar-refractivity contribution in [2.45, 2.75) is 24.9 Å². The van der Waals surface area contributed by atoms with Crippen molar-refractivity contribution in [3.8, 4) is 0 Å². The Morgan fingerprint density at radius 3 is 3.12 bits per heavy atom. The SMILES string of the molecule is O=C(c1occc1Cl)N1CCCC2NCC21. The Hall–Kier alpha value is -1.00. The van der Waals surface area contributed by atoms with Crippen LogP contribution in [0, 0.1) is 0 Å². The van der Waals surface area contributed by atoms with Crippen LogP contribution in [0.15, 0.2) is 16.7 Å². The molecule has 2 aliphatic rings. The molecule has 2 aliphatic heterocycles. The molecule has 86 valence electrons. The largest absolute Gasteiger partial charge is 0.458 e. The van der Waals surface area contributed by atoms with E-state index in [0.717, 1.165) is 25.9 Å². The van der Waals surface area contributed by atoms with E-state index in [2.05, 4.69) is 5.32 Å². The summed E-state index contributed by atoms with van der Waals surface area (Å²) in [6.07, 6.45) is 3.65. The zero-order chi connectivity index (χ0) is 11.1. The van der Waals surface area contributed by atoms with Gasteiger partial charge in [-0.3, -0.25) is 4.79 Å². The molecule has 4 nitrogen and oxygen atoms in total. The standard InChI is InChI=1S/C11H13ClN2O2/c12-7-3-5-16-10(7)11(15)14-4-1-2-8-9(14)6-13-8/h3,5,8-9,13H,1-2,4,6H2. The van der Waals surface area contributed by atoms with Gasteiger partial charge in [-0.2, -0.15) is 0 Å². The number of nitrogens with one attached hydrogen (secondary N) is 1. The van der Waals surface area contributed by atoms with Gasteiger partial charge in [0.2, 0.25) is 5.76 Å². The molecule has 2 fully saturated rings. The van der Waals surface area contributed by atoms with Crippen molar-refractivity contribution < 1.29 is 9.21 Å². The lowest BCUT2D eigenvalue weighted by Gasteiger charge is -2.48. The van der Waals surface area contributed by atoms with Crippen LogP contribution in [0.4, 0.5) is 0 Å². The molecule has 0 bridgehead atoms. The zero-order valence-corrected chi connectivity index (χ0v) is 9.54. The first kappa shape index (κ1) is 10.2. The molecule has 5 heteroatoms. The van der Waals surface area contributed by atoms with Crippen LogP contribution in [0.25, 0.3) is 0 Å². The third kappa shape index (κ3) is 1.44. The van der Waals surface area contributed by atoms with E-state index in [4.69, 9.17) is 16.0 Å². The number of halogens is 1. The summed E-state index contributed by atoms with van der Waals surface area (Å²) in [5.74, 6) is 0.195. The number of carbonyl (C=O) groups is 1. The maximum Gasteiger partial charge on any atom is 0.291 e. The highest BCUT2D eigenvalue weighted by Crippen LogP contribution is 2.27. The maximum absolute atomic E-state index is 12.2. The maximum atomic E-state index is 12.2. The van der Waals surface area contributed by atoms with Gasteiger partial charge in [-0.15, -0.1) is 0 Å². The number of furan rings is 1. The first-order chi connectivity index (χ1) is 7.77. The molecule has 2 unspecified atom stereocenters. The zero-order valence-electron chi connectivity index (χ0n) is 8.78. The van der Waals surface area contributed by atoms with Gasteiger partial charge in [0.1, 0.15) is 0 Å². The highest BCUT2D eigenvalue weighted by molar-refractivity contribution is 6.33. The molecule has 0 aromatic carbocycles. The van der Waals surface area contributed by atoms with Gasteiger partial charge in [0, 0.05) is 19.1 Å². The first-order valence-corrected chi connectivity index (χ1v) is 5.92. The van der Waals surface area contributed by atoms with Gasteiger partial charge in [-0.25, -0.2) is 0 Å². The fourth-order valence-corrected chi connectivity index (χ4v) is 2.66. The van der Waals surface area contributed by atoms with E-state index in [1.165, 1.54) is 6.26 Å². The Labute approximate surface area is 98.5 Å². The molecule has 3 rings (SSSR count). The van der Waals surface area contributed by atoms with Crippen LogP contribution in [0.2, 0.25) is 5.02 Å². The second kappa shape index (κ2) is 3.79. The molecule has 2 saturated heterocycles. The number of hydrogen-bond donors (Lipinski definition) is 1. The number of hydrogen-bond acceptors (Lipinski definition) is 3. The lowest BCUT2D eigenvalue weighted by Crippen LogP contribution is -2.68. The van der Waals surface area contributed by atoms with Crippen LogP contribution in [0.5, 0.6) is 0 Å². The van der Waals surface area contributed by atoms with Crippen LogP contribution in [0.1, 0.15) is 23.4 Å². The Bertz CT molecular complexity index is 418. The van der Waals surface area contributed by atoms with Crippen molar-refractivity contribution in [3.63, 3.8) is 0 Å². The van der Waals surface area contributed by atoms with Crippen LogP contribution in [0.3, 0.4) is 0 Å². The predicted molar refractivity (Wildman–Crippen MR) is 59.6 cm³/mol. The minimum absolute atomic E-state index is 0.0776. The Morgan fingerprint density at radius 2 is 2.50 bits per heavy atom. The minimum Gasteiger partial charge on any atom is -0.458 e. The molecular formula is C11H13ClN2O2. The number of fused-ring (bicyclic) bond motifs is 1. The summed E-state index contributed by atoms with van der Waals surface area (Å²) in [5.41, 5.74) is 0. The number of rotatable bonds is 1. The van der Waals surface area contributed by atoms with E-state index in [9.17, 15) is 4.79 Å². The summed E-state index contributed by atoms with van der Waals surface area (Å²) in [4.78, 5) is 14.1. The van der Waals surface area contributed by atoms with Crippen LogP contribution in [-0.2, 0) is 0 Å². The molecule has 1 aromatic heterocycles. The van der Waals surface area contributed by atoms with Gasteiger partial charge in [0.15, 0.2) is 0 Å². The van der Waals surface area contributed by atoms with Gasteiger partial charge < -0.3 is 14.6 Å². The quantitative estimate of drug-likeness (QED) is 0.810.